The lowest BCUT2D eigenvalue weighted by atomic mass is 10.0. The van der Waals surface area contributed by atoms with Gasteiger partial charge in [-0.1, -0.05) is 18.2 Å². The van der Waals surface area contributed by atoms with Gasteiger partial charge in [0.2, 0.25) is 0 Å². The molecule has 3 N–H and O–H groups in total. The lowest BCUT2D eigenvalue weighted by Crippen LogP contribution is -2.34. The van der Waals surface area contributed by atoms with E-state index in [2.05, 4.69) is 23.5 Å². The Hall–Kier alpha value is -1.95. The highest BCUT2D eigenvalue weighted by atomic mass is 14.9. The molecule has 3 nitrogen and oxygen atoms in total. The maximum absolute atomic E-state index is 8.51. The fraction of sp³-hybridized carbons (Fsp3) is 0.308. The zero-order valence-corrected chi connectivity index (χ0v) is 9.16. The van der Waals surface area contributed by atoms with Crippen LogP contribution in [0, 0.1) is 11.3 Å². The van der Waals surface area contributed by atoms with Gasteiger partial charge in [-0.05, 0) is 24.1 Å². The van der Waals surface area contributed by atoms with Crippen molar-refractivity contribution in [3.05, 3.63) is 28.6 Å². The van der Waals surface area contributed by atoms with Crippen LogP contribution in [0.1, 0.15) is 19.3 Å². The predicted octanol–water partition coefficient (Wildman–Crippen LogP) is 0.653. The summed E-state index contributed by atoms with van der Waals surface area (Å²) in [6, 6.07) is 8.23. The van der Waals surface area contributed by atoms with Crippen molar-refractivity contribution in [3.8, 4) is 6.07 Å². The van der Waals surface area contributed by atoms with Crippen LogP contribution in [0.2, 0.25) is 0 Å². The molecule has 0 unspecified atom stereocenters. The smallest absolute Gasteiger partial charge is 0.0640 e. The molecule has 0 aliphatic heterocycles. The highest BCUT2D eigenvalue weighted by molar-refractivity contribution is 5.59. The molecule has 0 atom stereocenters. The van der Waals surface area contributed by atoms with E-state index in [9.17, 15) is 0 Å². The molecule has 0 fully saturated rings. The van der Waals surface area contributed by atoms with Gasteiger partial charge < -0.3 is 11.1 Å². The molecule has 3 heteroatoms. The largest absolute Gasteiger partial charge is 0.401 e. The fourth-order valence-corrected chi connectivity index (χ4v) is 2.01. The second-order valence-corrected chi connectivity index (χ2v) is 3.87. The molecule has 1 aromatic carbocycles. The Bertz CT molecular complexity index is 537. The molecule has 16 heavy (non-hydrogen) atoms. The Morgan fingerprint density at radius 2 is 2.31 bits per heavy atom. The van der Waals surface area contributed by atoms with Crippen LogP contribution >= 0.6 is 0 Å². The number of nitriles is 1. The predicted molar refractivity (Wildman–Crippen MR) is 65.7 cm³/mol. The summed E-state index contributed by atoms with van der Waals surface area (Å²) in [5.74, 6) is 0. The fourth-order valence-electron chi connectivity index (χ4n) is 2.01. The highest BCUT2D eigenvalue weighted by Gasteiger charge is 2.04. The second kappa shape index (κ2) is 4.71. The molecule has 0 saturated carbocycles. The van der Waals surface area contributed by atoms with Gasteiger partial charge in [0.25, 0.3) is 0 Å². The van der Waals surface area contributed by atoms with Crippen LogP contribution in [0.15, 0.2) is 18.2 Å². The van der Waals surface area contributed by atoms with Crippen LogP contribution < -0.4 is 21.5 Å². The van der Waals surface area contributed by atoms with Crippen molar-refractivity contribution in [2.45, 2.75) is 19.3 Å². The molecule has 0 aromatic heterocycles. The van der Waals surface area contributed by atoms with E-state index in [1.54, 1.807) is 0 Å². The Morgan fingerprint density at radius 1 is 1.44 bits per heavy atom. The summed E-state index contributed by atoms with van der Waals surface area (Å²) >= 11 is 0. The van der Waals surface area contributed by atoms with Crippen molar-refractivity contribution in [2.24, 2.45) is 5.73 Å². The molecular weight excluding hydrogens is 198 g/mol. The summed E-state index contributed by atoms with van der Waals surface area (Å²) in [5, 5.41) is 14.1. The highest BCUT2D eigenvalue weighted by Crippen LogP contribution is 2.05. The second-order valence-electron chi connectivity index (χ2n) is 3.87. The van der Waals surface area contributed by atoms with Gasteiger partial charge in [0.05, 0.1) is 12.5 Å². The van der Waals surface area contributed by atoms with E-state index in [-0.39, 0.29) is 0 Å². The number of rotatable bonds is 3. The molecule has 2 rings (SSSR count). The van der Waals surface area contributed by atoms with Crippen LogP contribution in [0.3, 0.4) is 0 Å². The molecule has 82 valence electrons. The number of nitrogens with one attached hydrogen (secondary N) is 1. The number of fused-ring (bicyclic) bond motifs is 1. The molecule has 1 aromatic rings. The first-order valence-electron chi connectivity index (χ1n) is 5.51. The lowest BCUT2D eigenvalue weighted by molar-refractivity contribution is 1.04. The van der Waals surface area contributed by atoms with E-state index in [0.717, 1.165) is 29.4 Å². The van der Waals surface area contributed by atoms with Gasteiger partial charge in [-0.3, -0.25) is 0 Å². The number of benzene rings is 1. The average Bonchev–Trinajstić information content (AvgIpc) is 2.30. The molecule has 0 heterocycles. The van der Waals surface area contributed by atoms with Gasteiger partial charge in [-0.15, -0.1) is 0 Å². The first-order valence-corrected chi connectivity index (χ1v) is 5.51. The molecule has 0 amide bonds. The lowest BCUT2D eigenvalue weighted by Gasteiger charge is -2.11. The van der Waals surface area contributed by atoms with E-state index < -0.39 is 0 Å². The number of nitrogens with zero attached hydrogens (tertiary/aromatic N) is 1. The monoisotopic (exact) mass is 213 g/mol. The minimum atomic E-state index is 0.507. The van der Waals surface area contributed by atoms with Crippen molar-refractivity contribution in [2.75, 3.05) is 11.9 Å². The summed E-state index contributed by atoms with van der Waals surface area (Å²) in [4.78, 5) is 0. The van der Waals surface area contributed by atoms with Crippen molar-refractivity contribution in [1.82, 2.24) is 0 Å². The molecule has 0 radical (unpaired) electrons. The SMILES string of the molecule is N#CCCNc1cccc2c1=C(N)CCC=2. The van der Waals surface area contributed by atoms with Gasteiger partial charge in [-0.2, -0.15) is 5.26 Å². The van der Waals surface area contributed by atoms with Gasteiger partial charge in [0.1, 0.15) is 0 Å². The van der Waals surface area contributed by atoms with Crippen LogP contribution in [0.4, 0.5) is 5.69 Å². The topological polar surface area (TPSA) is 61.8 Å². The third-order valence-corrected chi connectivity index (χ3v) is 2.75. The third-order valence-electron chi connectivity index (χ3n) is 2.75. The van der Waals surface area contributed by atoms with Crippen LogP contribution in [0.5, 0.6) is 0 Å². The van der Waals surface area contributed by atoms with Gasteiger partial charge >= 0.3 is 0 Å². The van der Waals surface area contributed by atoms with E-state index >= 15 is 0 Å². The van der Waals surface area contributed by atoms with Crippen LogP contribution in [-0.4, -0.2) is 6.54 Å². The van der Waals surface area contributed by atoms with Gasteiger partial charge in [0.15, 0.2) is 0 Å². The number of hydrogen-bond acceptors (Lipinski definition) is 3. The minimum absolute atomic E-state index is 0.507. The van der Waals surface area contributed by atoms with Crippen molar-refractivity contribution < 1.29 is 0 Å². The zero-order chi connectivity index (χ0) is 11.4. The Labute approximate surface area is 94.9 Å². The number of hydrogen-bond donors (Lipinski definition) is 2. The Morgan fingerprint density at radius 3 is 3.12 bits per heavy atom. The third kappa shape index (κ3) is 2.01. The average molecular weight is 213 g/mol. The molecule has 1 aliphatic rings. The van der Waals surface area contributed by atoms with E-state index in [1.807, 2.05) is 12.1 Å². The molecular formula is C13H15N3. The maximum Gasteiger partial charge on any atom is 0.0640 e. The first-order chi connectivity index (χ1) is 7.83. The van der Waals surface area contributed by atoms with Crippen molar-refractivity contribution in [3.63, 3.8) is 0 Å². The summed E-state index contributed by atoms with van der Waals surface area (Å²) in [6.07, 6.45) is 4.65. The Kier molecular flexibility index (Phi) is 3.11. The number of anilines is 1. The normalized spacial score (nSPS) is 13.6. The standard InChI is InChI=1S/C13H15N3/c14-8-3-9-16-12-7-2-5-10-4-1-6-11(15)13(10)12/h2,4-5,7,16H,1,3,6,9,15H2. The van der Waals surface area contributed by atoms with Crippen molar-refractivity contribution >= 4 is 17.5 Å². The molecule has 0 spiro atoms. The summed E-state index contributed by atoms with van der Waals surface area (Å²) in [5.41, 5.74) is 8.03. The zero-order valence-electron chi connectivity index (χ0n) is 9.16. The Balaban J connectivity index is 2.41. The van der Waals surface area contributed by atoms with Crippen LogP contribution in [0.25, 0.3) is 11.8 Å². The van der Waals surface area contributed by atoms with Gasteiger partial charge in [-0.25, -0.2) is 0 Å². The molecule has 0 saturated heterocycles. The number of nitrogens with two attached hydrogens (primary N) is 1. The summed E-state index contributed by atoms with van der Waals surface area (Å²) in [6.45, 7) is 0.667. The van der Waals surface area contributed by atoms with Gasteiger partial charge in [0, 0.05) is 23.1 Å². The van der Waals surface area contributed by atoms with E-state index in [1.165, 1.54) is 5.22 Å². The minimum Gasteiger partial charge on any atom is -0.401 e. The molecule has 0 bridgehead atoms. The van der Waals surface area contributed by atoms with E-state index in [4.69, 9.17) is 11.0 Å². The van der Waals surface area contributed by atoms with E-state index in [0.29, 0.717) is 13.0 Å². The molecule has 1 aliphatic carbocycles. The summed E-state index contributed by atoms with van der Waals surface area (Å²) in [7, 11) is 0. The quantitative estimate of drug-likeness (QED) is 0.725. The first kappa shape index (κ1) is 10.6. The maximum atomic E-state index is 8.51. The van der Waals surface area contributed by atoms with Crippen molar-refractivity contribution in [1.29, 1.82) is 5.26 Å². The van der Waals surface area contributed by atoms with Crippen LogP contribution in [-0.2, 0) is 0 Å². The summed E-state index contributed by atoms with van der Waals surface area (Å²) < 4.78 is 0.